The maximum atomic E-state index is 13.2. The fourth-order valence-corrected chi connectivity index (χ4v) is 5.56. The molecule has 3 nitrogen and oxygen atoms in total. The zero-order valence-electron chi connectivity index (χ0n) is 17.8. The number of carbonyl (C=O) groups is 1. The Balaban J connectivity index is 1.16. The lowest BCUT2D eigenvalue weighted by atomic mass is 9.89. The van der Waals surface area contributed by atoms with Gasteiger partial charge in [0.1, 0.15) is 0 Å². The standard InChI is InChI=1S/C27H29BrN2O/c28-24-10-8-21(9-11-24)22-13-15-29(16-14-22)18-20-12-17-30(19-20)27(31)26-7-3-5-23-4-1-2-6-25(23)26/h1-11,20,22H,12-19H2/t20-/m1/s1. The van der Waals surface area contributed by atoms with Gasteiger partial charge in [-0.05, 0) is 78.7 Å². The third kappa shape index (κ3) is 4.56. The maximum Gasteiger partial charge on any atom is 0.254 e. The third-order valence-electron chi connectivity index (χ3n) is 7.04. The van der Waals surface area contributed by atoms with Gasteiger partial charge < -0.3 is 9.80 Å². The monoisotopic (exact) mass is 476 g/mol. The van der Waals surface area contributed by atoms with Gasteiger partial charge >= 0.3 is 0 Å². The number of hydrogen-bond donors (Lipinski definition) is 0. The average Bonchev–Trinajstić information content (AvgIpc) is 3.28. The van der Waals surface area contributed by atoms with Crippen molar-refractivity contribution in [2.24, 2.45) is 5.92 Å². The molecule has 0 spiro atoms. The van der Waals surface area contributed by atoms with Crippen LogP contribution in [0.4, 0.5) is 0 Å². The average molecular weight is 477 g/mol. The molecule has 0 aromatic heterocycles. The van der Waals surface area contributed by atoms with E-state index in [0.29, 0.717) is 11.8 Å². The van der Waals surface area contributed by atoms with Crippen molar-refractivity contribution in [3.8, 4) is 0 Å². The zero-order chi connectivity index (χ0) is 21.2. The number of halogens is 1. The minimum Gasteiger partial charge on any atom is -0.338 e. The van der Waals surface area contributed by atoms with Crippen LogP contribution in [0.5, 0.6) is 0 Å². The van der Waals surface area contributed by atoms with E-state index in [2.05, 4.69) is 68.2 Å². The molecule has 2 aliphatic rings. The molecule has 0 bridgehead atoms. The summed E-state index contributed by atoms with van der Waals surface area (Å²) in [5.41, 5.74) is 2.31. The summed E-state index contributed by atoms with van der Waals surface area (Å²) in [4.78, 5) is 17.9. The molecule has 3 aromatic rings. The van der Waals surface area contributed by atoms with Gasteiger partial charge in [0, 0.05) is 29.7 Å². The van der Waals surface area contributed by atoms with Crippen LogP contribution in [0.1, 0.15) is 41.1 Å². The van der Waals surface area contributed by atoms with E-state index >= 15 is 0 Å². The number of benzene rings is 3. The predicted molar refractivity (Wildman–Crippen MR) is 131 cm³/mol. The number of amides is 1. The number of carbonyl (C=O) groups excluding carboxylic acids is 1. The lowest BCUT2D eigenvalue weighted by Gasteiger charge is -2.33. The number of nitrogens with zero attached hydrogens (tertiary/aromatic N) is 2. The fraction of sp³-hybridized carbons (Fsp3) is 0.370. The first-order valence-corrected chi connectivity index (χ1v) is 12.2. The van der Waals surface area contributed by atoms with E-state index in [4.69, 9.17) is 0 Å². The van der Waals surface area contributed by atoms with E-state index in [1.165, 1.54) is 18.4 Å². The second kappa shape index (κ2) is 9.13. The van der Waals surface area contributed by atoms with Crippen LogP contribution in [0, 0.1) is 5.92 Å². The summed E-state index contributed by atoms with van der Waals surface area (Å²) >= 11 is 3.53. The van der Waals surface area contributed by atoms with Crippen molar-refractivity contribution in [2.75, 3.05) is 32.7 Å². The summed E-state index contributed by atoms with van der Waals surface area (Å²) in [7, 11) is 0. The zero-order valence-corrected chi connectivity index (χ0v) is 19.4. The Morgan fingerprint density at radius 2 is 1.61 bits per heavy atom. The van der Waals surface area contributed by atoms with Crippen LogP contribution in [0.3, 0.4) is 0 Å². The van der Waals surface area contributed by atoms with Gasteiger partial charge in [0.2, 0.25) is 0 Å². The van der Waals surface area contributed by atoms with E-state index < -0.39 is 0 Å². The van der Waals surface area contributed by atoms with E-state index in [1.807, 2.05) is 24.3 Å². The summed E-state index contributed by atoms with van der Waals surface area (Å²) in [6, 6.07) is 23.1. The summed E-state index contributed by atoms with van der Waals surface area (Å²) in [5, 5.41) is 2.20. The van der Waals surface area contributed by atoms with E-state index in [9.17, 15) is 4.79 Å². The number of hydrogen-bond acceptors (Lipinski definition) is 2. The molecule has 2 fully saturated rings. The highest BCUT2D eigenvalue weighted by atomic mass is 79.9. The van der Waals surface area contributed by atoms with E-state index in [1.54, 1.807) is 0 Å². The largest absolute Gasteiger partial charge is 0.338 e. The molecule has 0 aliphatic carbocycles. The van der Waals surface area contributed by atoms with Crippen molar-refractivity contribution in [1.82, 2.24) is 9.80 Å². The molecule has 2 aliphatic heterocycles. The summed E-state index contributed by atoms with van der Waals surface area (Å²) in [6.45, 7) is 5.20. The molecule has 1 atom stereocenters. The molecule has 3 aromatic carbocycles. The predicted octanol–water partition coefficient (Wildman–Crippen LogP) is 5.94. The molecule has 2 saturated heterocycles. The molecule has 0 saturated carbocycles. The molecule has 4 heteroatoms. The van der Waals surface area contributed by atoms with Crippen LogP contribution < -0.4 is 0 Å². The number of fused-ring (bicyclic) bond motifs is 1. The molecule has 5 rings (SSSR count). The Bertz CT molecular complexity index is 1050. The van der Waals surface area contributed by atoms with Gasteiger partial charge in [-0.15, -0.1) is 0 Å². The van der Waals surface area contributed by atoms with Gasteiger partial charge in [0.25, 0.3) is 5.91 Å². The van der Waals surface area contributed by atoms with Gasteiger partial charge in [0.15, 0.2) is 0 Å². The maximum absolute atomic E-state index is 13.2. The minimum atomic E-state index is 0.188. The van der Waals surface area contributed by atoms with Crippen LogP contribution >= 0.6 is 15.9 Å². The smallest absolute Gasteiger partial charge is 0.254 e. The van der Waals surface area contributed by atoms with Gasteiger partial charge in [-0.2, -0.15) is 0 Å². The van der Waals surface area contributed by atoms with Crippen molar-refractivity contribution in [1.29, 1.82) is 0 Å². The second-order valence-electron chi connectivity index (χ2n) is 9.06. The number of piperidine rings is 1. The van der Waals surface area contributed by atoms with Crippen molar-refractivity contribution < 1.29 is 4.79 Å². The Labute approximate surface area is 193 Å². The third-order valence-corrected chi connectivity index (χ3v) is 7.57. The first kappa shape index (κ1) is 20.7. The topological polar surface area (TPSA) is 23.6 Å². The summed E-state index contributed by atoms with van der Waals surface area (Å²) in [5.74, 6) is 1.45. The van der Waals surface area contributed by atoms with Crippen LogP contribution in [0.15, 0.2) is 71.2 Å². The molecular weight excluding hydrogens is 448 g/mol. The Kier molecular flexibility index (Phi) is 6.10. The highest BCUT2D eigenvalue weighted by molar-refractivity contribution is 9.10. The Morgan fingerprint density at radius 1 is 0.871 bits per heavy atom. The second-order valence-corrected chi connectivity index (χ2v) is 9.97. The lowest BCUT2D eigenvalue weighted by molar-refractivity contribution is 0.0784. The molecule has 0 unspecified atom stereocenters. The van der Waals surface area contributed by atoms with Crippen LogP contribution in [0.25, 0.3) is 10.8 Å². The first-order chi connectivity index (χ1) is 15.2. The molecule has 0 N–H and O–H groups in total. The summed E-state index contributed by atoms with van der Waals surface area (Å²) in [6.07, 6.45) is 3.57. The van der Waals surface area contributed by atoms with Crippen LogP contribution in [-0.4, -0.2) is 48.4 Å². The van der Waals surface area contributed by atoms with Gasteiger partial charge in [-0.25, -0.2) is 0 Å². The molecule has 0 radical (unpaired) electrons. The molecule has 31 heavy (non-hydrogen) atoms. The minimum absolute atomic E-state index is 0.188. The first-order valence-electron chi connectivity index (χ1n) is 11.4. The Morgan fingerprint density at radius 3 is 2.42 bits per heavy atom. The SMILES string of the molecule is O=C(c1cccc2ccccc12)N1CC[C@H](CN2CCC(c3ccc(Br)cc3)CC2)C1. The Hall–Kier alpha value is -2.17. The quantitative estimate of drug-likeness (QED) is 0.464. The highest BCUT2D eigenvalue weighted by Crippen LogP contribution is 2.30. The number of rotatable bonds is 4. The van der Waals surface area contributed by atoms with Gasteiger partial charge in [0.05, 0.1) is 0 Å². The van der Waals surface area contributed by atoms with Crippen molar-refractivity contribution in [3.63, 3.8) is 0 Å². The van der Waals surface area contributed by atoms with E-state index in [-0.39, 0.29) is 5.91 Å². The van der Waals surface area contributed by atoms with Crippen molar-refractivity contribution >= 4 is 32.6 Å². The van der Waals surface area contributed by atoms with Crippen molar-refractivity contribution in [3.05, 3.63) is 82.3 Å². The molecule has 160 valence electrons. The van der Waals surface area contributed by atoms with Crippen LogP contribution in [0.2, 0.25) is 0 Å². The van der Waals surface area contributed by atoms with Crippen LogP contribution in [-0.2, 0) is 0 Å². The molecule has 2 heterocycles. The molecule has 1 amide bonds. The highest BCUT2D eigenvalue weighted by Gasteiger charge is 2.30. The van der Waals surface area contributed by atoms with Gasteiger partial charge in [-0.1, -0.05) is 64.5 Å². The van der Waals surface area contributed by atoms with E-state index in [0.717, 1.165) is 60.0 Å². The van der Waals surface area contributed by atoms with Crippen molar-refractivity contribution in [2.45, 2.75) is 25.2 Å². The fourth-order valence-electron chi connectivity index (χ4n) is 5.30. The van der Waals surface area contributed by atoms with Gasteiger partial charge in [-0.3, -0.25) is 4.79 Å². The molecular formula is C27H29BrN2O. The lowest BCUT2D eigenvalue weighted by Crippen LogP contribution is -2.37. The normalized spacial score (nSPS) is 20.4. The number of likely N-dealkylation sites (tertiary alicyclic amines) is 2. The summed E-state index contributed by atoms with van der Waals surface area (Å²) < 4.78 is 1.15.